The van der Waals surface area contributed by atoms with Gasteiger partial charge in [0, 0.05) is 6.54 Å². The van der Waals surface area contributed by atoms with E-state index < -0.39 is 0 Å². The van der Waals surface area contributed by atoms with Gasteiger partial charge in [0.25, 0.3) is 0 Å². The number of carbonyl (C=O) groups is 1. The summed E-state index contributed by atoms with van der Waals surface area (Å²) < 4.78 is 4.94. The Morgan fingerprint density at radius 1 is 1.44 bits per heavy atom. The largest absolute Gasteiger partial charge is 0.462 e. The van der Waals surface area contributed by atoms with Crippen LogP contribution in [0.3, 0.4) is 0 Å². The zero-order valence-electron chi connectivity index (χ0n) is 9.53. The minimum Gasteiger partial charge on any atom is -0.462 e. The smallest absolute Gasteiger partial charge is 0.338 e. The number of carbonyl (C=O) groups excluding carboxylic acids is 1. The fraction of sp³-hybridized carbons (Fsp3) is 0.462. The van der Waals surface area contributed by atoms with Gasteiger partial charge in [-0.1, -0.05) is 12.1 Å². The van der Waals surface area contributed by atoms with Crippen molar-refractivity contribution >= 4 is 5.97 Å². The standard InChI is InChI=1S/C13H17NO2/c1-2-16-13(15)11-5-3-10(4-6-11)12-7-8-14-9-12/h3-6,12,14H,2,7-9H2,1H3/t12-/m1/s1. The molecule has 1 saturated heterocycles. The van der Waals surface area contributed by atoms with Crippen LogP contribution in [0, 0.1) is 0 Å². The van der Waals surface area contributed by atoms with Crippen LogP contribution in [0.2, 0.25) is 0 Å². The average Bonchev–Trinajstić information content (AvgIpc) is 2.83. The maximum Gasteiger partial charge on any atom is 0.338 e. The van der Waals surface area contributed by atoms with Gasteiger partial charge in [-0.3, -0.25) is 0 Å². The first kappa shape index (κ1) is 11.1. The quantitative estimate of drug-likeness (QED) is 0.789. The van der Waals surface area contributed by atoms with Gasteiger partial charge in [0.2, 0.25) is 0 Å². The molecule has 0 radical (unpaired) electrons. The van der Waals surface area contributed by atoms with Gasteiger partial charge in [0.05, 0.1) is 12.2 Å². The van der Waals surface area contributed by atoms with Gasteiger partial charge in [-0.25, -0.2) is 4.79 Å². The monoisotopic (exact) mass is 219 g/mol. The molecule has 0 amide bonds. The molecule has 1 heterocycles. The molecule has 3 heteroatoms. The van der Waals surface area contributed by atoms with Gasteiger partial charge >= 0.3 is 5.97 Å². The summed E-state index contributed by atoms with van der Waals surface area (Å²) in [6, 6.07) is 7.77. The fourth-order valence-electron chi connectivity index (χ4n) is 2.04. The van der Waals surface area contributed by atoms with Crippen molar-refractivity contribution in [2.24, 2.45) is 0 Å². The van der Waals surface area contributed by atoms with Crippen molar-refractivity contribution in [3.63, 3.8) is 0 Å². The molecule has 0 aromatic heterocycles. The van der Waals surface area contributed by atoms with Gasteiger partial charge < -0.3 is 10.1 Å². The zero-order chi connectivity index (χ0) is 11.4. The number of nitrogens with one attached hydrogen (secondary N) is 1. The minimum atomic E-state index is -0.237. The van der Waals surface area contributed by atoms with Crippen LogP contribution in [-0.2, 0) is 4.74 Å². The third kappa shape index (κ3) is 2.42. The highest BCUT2D eigenvalue weighted by atomic mass is 16.5. The van der Waals surface area contributed by atoms with E-state index in [4.69, 9.17) is 4.74 Å². The van der Waals surface area contributed by atoms with Crippen molar-refractivity contribution in [3.05, 3.63) is 35.4 Å². The van der Waals surface area contributed by atoms with Crippen LogP contribution in [0.1, 0.15) is 35.2 Å². The van der Waals surface area contributed by atoms with E-state index in [9.17, 15) is 4.79 Å². The molecule has 0 spiro atoms. The molecule has 1 aromatic carbocycles. The second-order valence-corrected chi connectivity index (χ2v) is 4.03. The Balaban J connectivity index is 2.06. The van der Waals surface area contributed by atoms with E-state index in [0.29, 0.717) is 18.1 Å². The Kier molecular flexibility index (Phi) is 3.57. The molecule has 0 unspecified atom stereocenters. The molecule has 86 valence electrons. The summed E-state index contributed by atoms with van der Waals surface area (Å²) in [5, 5.41) is 3.34. The Morgan fingerprint density at radius 2 is 2.19 bits per heavy atom. The van der Waals surface area contributed by atoms with Gasteiger partial charge in [-0.2, -0.15) is 0 Å². The molecule has 1 aliphatic rings. The van der Waals surface area contributed by atoms with E-state index in [-0.39, 0.29) is 5.97 Å². The Bertz CT molecular complexity index is 353. The average molecular weight is 219 g/mol. The highest BCUT2D eigenvalue weighted by Gasteiger charge is 2.16. The second-order valence-electron chi connectivity index (χ2n) is 4.03. The van der Waals surface area contributed by atoms with E-state index in [1.807, 2.05) is 31.2 Å². The predicted molar refractivity (Wildman–Crippen MR) is 62.6 cm³/mol. The third-order valence-corrected chi connectivity index (χ3v) is 2.95. The van der Waals surface area contributed by atoms with Crippen molar-refractivity contribution in [2.75, 3.05) is 19.7 Å². The molecule has 16 heavy (non-hydrogen) atoms. The molecule has 1 aliphatic heterocycles. The summed E-state index contributed by atoms with van der Waals surface area (Å²) in [5.74, 6) is 0.356. The first-order valence-electron chi connectivity index (χ1n) is 5.79. The number of esters is 1. The normalized spacial score (nSPS) is 19.7. The highest BCUT2D eigenvalue weighted by Crippen LogP contribution is 2.22. The SMILES string of the molecule is CCOC(=O)c1ccc([C@@H]2CCNC2)cc1. The highest BCUT2D eigenvalue weighted by molar-refractivity contribution is 5.89. The lowest BCUT2D eigenvalue weighted by molar-refractivity contribution is 0.0526. The topological polar surface area (TPSA) is 38.3 Å². The van der Waals surface area contributed by atoms with Crippen molar-refractivity contribution < 1.29 is 9.53 Å². The van der Waals surface area contributed by atoms with E-state index in [0.717, 1.165) is 13.1 Å². The van der Waals surface area contributed by atoms with E-state index >= 15 is 0 Å². The molecule has 1 fully saturated rings. The molecule has 0 aliphatic carbocycles. The van der Waals surface area contributed by atoms with Gasteiger partial charge in [0.15, 0.2) is 0 Å². The van der Waals surface area contributed by atoms with E-state index in [1.165, 1.54) is 12.0 Å². The number of benzene rings is 1. The molecular formula is C13H17NO2. The summed E-state index contributed by atoms with van der Waals surface area (Å²) in [6.07, 6.45) is 1.18. The second kappa shape index (κ2) is 5.12. The molecule has 1 N–H and O–H groups in total. The molecular weight excluding hydrogens is 202 g/mol. The summed E-state index contributed by atoms with van der Waals surface area (Å²) in [4.78, 5) is 11.4. The lowest BCUT2D eigenvalue weighted by Gasteiger charge is -2.09. The molecule has 1 atom stereocenters. The number of hydrogen-bond donors (Lipinski definition) is 1. The number of ether oxygens (including phenoxy) is 1. The summed E-state index contributed by atoms with van der Waals surface area (Å²) in [6.45, 7) is 4.37. The van der Waals surface area contributed by atoms with E-state index in [2.05, 4.69) is 5.32 Å². The van der Waals surface area contributed by atoms with Crippen LogP contribution in [0.4, 0.5) is 0 Å². The van der Waals surface area contributed by atoms with Crippen molar-refractivity contribution in [3.8, 4) is 0 Å². The Morgan fingerprint density at radius 3 is 2.75 bits per heavy atom. The van der Waals surface area contributed by atoms with Crippen LogP contribution in [0.25, 0.3) is 0 Å². The Hall–Kier alpha value is -1.35. The maximum atomic E-state index is 11.4. The maximum absolute atomic E-state index is 11.4. The van der Waals surface area contributed by atoms with Gasteiger partial charge in [0.1, 0.15) is 0 Å². The molecule has 3 nitrogen and oxygen atoms in total. The van der Waals surface area contributed by atoms with Crippen LogP contribution in [0.15, 0.2) is 24.3 Å². The van der Waals surface area contributed by atoms with E-state index in [1.54, 1.807) is 0 Å². The van der Waals surface area contributed by atoms with Crippen molar-refractivity contribution in [1.29, 1.82) is 0 Å². The van der Waals surface area contributed by atoms with Gasteiger partial charge in [-0.05, 0) is 43.5 Å². The summed E-state index contributed by atoms with van der Waals surface area (Å²) >= 11 is 0. The van der Waals surface area contributed by atoms with Crippen LogP contribution in [-0.4, -0.2) is 25.7 Å². The number of hydrogen-bond acceptors (Lipinski definition) is 3. The van der Waals surface area contributed by atoms with Crippen LogP contribution < -0.4 is 5.32 Å². The third-order valence-electron chi connectivity index (χ3n) is 2.95. The van der Waals surface area contributed by atoms with Crippen LogP contribution >= 0.6 is 0 Å². The lowest BCUT2D eigenvalue weighted by atomic mass is 9.97. The minimum absolute atomic E-state index is 0.237. The van der Waals surface area contributed by atoms with Crippen molar-refractivity contribution in [2.45, 2.75) is 19.3 Å². The zero-order valence-corrected chi connectivity index (χ0v) is 9.53. The predicted octanol–water partition coefficient (Wildman–Crippen LogP) is 1.94. The van der Waals surface area contributed by atoms with Crippen LogP contribution in [0.5, 0.6) is 0 Å². The van der Waals surface area contributed by atoms with Gasteiger partial charge in [-0.15, -0.1) is 0 Å². The molecule has 0 bridgehead atoms. The molecule has 0 saturated carbocycles. The molecule has 1 aromatic rings. The first-order valence-corrected chi connectivity index (χ1v) is 5.79. The Labute approximate surface area is 95.8 Å². The fourth-order valence-corrected chi connectivity index (χ4v) is 2.04. The van der Waals surface area contributed by atoms with Crippen molar-refractivity contribution in [1.82, 2.24) is 5.32 Å². The lowest BCUT2D eigenvalue weighted by Crippen LogP contribution is -2.08. The first-order chi connectivity index (χ1) is 7.81. The summed E-state index contributed by atoms with van der Waals surface area (Å²) in [5.41, 5.74) is 1.94. The summed E-state index contributed by atoms with van der Waals surface area (Å²) in [7, 11) is 0. The number of rotatable bonds is 3. The molecule has 2 rings (SSSR count).